The third-order valence-corrected chi connectivity index (χ3v) is 6.65. The van der Waals surface area contributed by atoms with E-state index in [2.05, 4.69) is 6.07 Å². The fourth-order valence-electron chi connectivity index (χ4n) is 4.96. The summed E-state index contributed by atoms with van der Waals surface area (Å²) in [5.74, 6) is -0.721. The molecule has 6 rings (SSSR count). The van der Waals surface area contributed by atoms with Gasteiger partial charge in [0.05, 0.1) is 28.5 Å². The number of rotatable bonds is 2. The summed E-state index contributed by atoms with van der Waals surface area (Å²) in [6.07, 6.45) is 0.113. The highest BCUT2D eigenvalue weighted by atomic mass is 16.6. The maximum absolute atomic E-state index is 13.8. The van der Waals surface area contributed by atoms with Crippen molar-refractivity contribution in [3.63, 3.8) is 0 Å². The number of nitrogens with zero attached hydrogens (tertiary/aromatic N) is 2. The van der Waals surface area contributed by atoms with Gasteiger partial charge in [-0.3, -0.25) is 9.36 Å². The van der Waals surface area contributed by atoms with E-state index in [1.165, 1.54) is 0 Å². The van der Waals surface area contributed by atoms with E-state index < -0.39 is 11.6 Å². The van der Waals surface area contributed by atoms with Gasteiger partial charge in [-0.15, -0.1) is 0 Å². The van der Waals surface area contributed by atoms with Crippen LogP contribution in [0.4, 0.5) is 0 Å². The molecule has 0 amide bonds. The third kappa shape index (κ3) is 2.41. The summed E-state index contributed by atoms with van der Waals surface area (Å²) in [5.41, 5.74) is 2.52. The van der Waals surface area contributed by atoms with Crippen LogP contribution in [-0.4, -0.2) is 20.6 Å². The number of benzene rings is 2. The Balaban J connectivity index is 1.72. The van der Waals surface area contributed by atoms with Gasteiger partial charge >= 0.3 is 5.97 Å². The molecule has 0 saturated carbocycles. The number of cyclic esters (lactones) is 1. The summed E-state index contributed by atoms with van der Waals surface area (Å²) in [7, 11) is 0. The lowest BCUT2D eigenvalue weighted by Gasteiger charge is -2.32. The lowest BCUT2D eigenvalue weighted by Crippen LogP contribution is -2.44. The Kier molecular flexibility index (Phi) is 3.92. The minimum Gasteiger partial charge on any atom is -0.458 e. The summed E-state index contributed by atoms with van der Waals surface area (Å²) in [4.78, 5) is 31.1. The molecule has 0 spiro atoms. The second kappa shape index (κ2) is 6.61. The van der Waals surface area contributed by atoms with Crippen molar-refractivity contribution in [1.82, 2.24) is 9.55 Å². The second-order valence-corrected chi connectivity index (χ2v) is 8.32. The normalized spacial score (nSPS) is 21.1. The number of carbonyl (C=O) groups is 1. The summed E-state index contributed by atoms with van der Waals surface area (Å²) in [5, 5.41) is 12.1. The largest absolute Gasteiger partial charge is 0.458 e. The molecule has 1 N–H and O–H groups in total. The number of fused-ring (bicyclic) bond motifs is 5. The summed E-state index contributed by atoms with van der Waals surface area (Å²) < 4.78 is 6.94. The number of carbonyl (C=O) groups excluding carboxylic acids is 1. The summed E-state index contributed by atoms with van der Waals surface area (Å²) in [6.45, 7) is 1.55. The molecule has 0 saturated heterocycles. The zero-order chi connectivity index (χ0) is 22.0. The van der Waals surface area contributed by atoms with Crippen LogP contribution < -0.4 is 5.56 Å². The van der Waals surface area contributed by atoms with Crippen LogP contribution in [0, 0.1) is 0 Å². The molecule has 2 aromatic heterocycles. The molecule has 158 valence electrons. The maximum atomic E-state index is 13.8. The highest BCUT2D eigenvalue weighted by molar-refractivity contribution is 5.87. The van der Waals surface area contributed by atoms with Gasteiger partial charge in [-0.1, -0.05) is 55.5 Å². The van der Waals surface area contributed by atoms with Crippen molar-refractivity contribution >= 4 is 16.9 Å². The number of esters is 1. The molecule has 6 nitrogen and oxygen atoms in total. The molecule has 0 aliphatic carbocycles. The molecule has 2 atom stereocenters. The molecule has 2 aliphatic rings. The molecule has 2 aliphatic heterocycles. The maximum Gasteiger partial charge on any atom is 0.343 e. The topological polar surface area (TPSA) is 81.4 Å². The first kappa shape index (κ1) is 19.0. The number of pyridine rings is 2. The molecule has 1 unspecified atom stereocenters. The van der Waals surface area contributed by atoms with Gasteiger partial charge < -0.3 is 9.84 Å². The van der Waals surface area contributed by atoms with Gasteiger partial charge in [-0.05, 0) is 30.2 Å². The first-order chi connectivity index (χ1) is 15.5. The predicted molar refractivity (Wildman–Crippen MR) is 119 cm³/mol. The van der Waals surface area contributed by atoms with Crippen molar-refractivity contribution in [3.05, 3.63) is 99.3 Å². The number of aliphatic hydroxyl groups is 1. The quantitative estimate of drug-likeness (QED) is 0.438. The zero-order valence-corrected chi connectivity index (χ0v) is 17.4. The minimum absolute atomic E-state index is 0.113. The number of ether oxygens (including phenoxy) is 1. The molecular formula is C26H20N2O4. The molecule has 4 aromatic rings. The van der Waals surface area contributed by atoms with Crippen LogP contribution in [0.25, 0.3) is 22.3 Å². The standard InChI is InChI=1S/C26H20N2O4/c1-2-26(31)19-13-21-22-17(12-16-10-6-7-11-20(16)27-22)23(15-8-4-3-5-9-15)28(21)24(29)18(19)14-32-25(26)30/h3-13,23,31H,2,14H2,1H3/t23?,26-/m0/s1. The van der Waals surface area contributed by atoms with Crippen LogP contribution >= 0.6 is 0 Å². The van der Waals surface area contributed by atoms with Gasteiger partial charge in [0.15, 0.2) is 5.60 Å². The fourth-order valence-corrected chi connectivity index (χ4v) is 4.96. The van der Waals surface area contributed by atoms with E-state index in [1.807, 2.05) is 54.6 Å². The molecule has 4 heterocycles. The van der Waals surface area contributed by atoms with Crippen molar-refractivity contribution in [2.75, 3.05) is 0 Å². The van der Waals surface area contributed by atoms with Gasteiger partial charge in [0.1, 0.15) is 6.61 Å². The van der Waals surface area contributed by atoms with E-state index in [0.29, 0.717) is 22.5 Å². The Hall–Kier alpha value is -3.77. The summed E-state index contributed by atoms with van der Waals surface area (Å²) >= 11 is 0. The smallest absolute Gasteiger partial charge is 0.343 e. The third-order valence-electron chi connectivity index (χ3n) is 6.65. The van der Waals surface area contributed by atoms with Crippen LogP contribution in [0.5, 0.6) is 0 Å². The Morgan fingerprint density at radius 3 is 2.62 bits per heavy atom. The van der Waals surface area contributed by atoms with E-state index in [0.717, 1.165) is 22.0 Å². The van der Waals surface area contributed by atoms with Crippen molar-refractivity contribution in [2.24, 2.45) is 0 Å². The van der Waals surface area contributed by atoms with Crippen LogP contribution in [0.2, 0.25) is 0 Å². The lowest BCUT2D eigenvalue weighted by atomic mass is 9.86. The number of para-hydroxylation sites is 1. The van der Waals surface area contributed by atoms with Crippen LogP contribution in [-0.2, 0) is 21.7 Å². The monoisotopic (exact) mass is 424 g/mol. The number of hydrogen-bond acceptors (Lipinski definition) is 5. The Labute approximate surface area is 183 Å². The number of aromatic nitrogens is 2. The Morgan fingerprint density at radius 2 is 1.84 bits per heavy atom. The van der Waals surface area contributed by atoms with Crippen LogP contribution in [0.15, 0.2) is 71.5 Å². The molecular weight excluding hydrogens is 404 g/mol. The zero-order valence-electron chi connectivity index (χ0n) is 17.4. The van der Waals surface area contributed by atoms with Crippen LogP contribution in [0.1, 0.15) is 41.6 Å². The average Bonchev–Trinajstić information content (AvgIpc) is 3.14. The van der Waals surface area contributed by atoms with Crippen molar-refractivity contribution in [3.8, 4) is 11.4 Å². The fraction of sp³-hybridized carbons (Fsp3) is 0.192. The SMILES string of the molecule is CC[C@@]1(O)C(=O)OCc2c1cc1n(c2=O)C(c2ccccc2)c2cc3ccccc3nc2-1. The number of hydrogen-bond donors (Lipinski definition) is 1. The van der Waals surface area contributed by atoms with Crippen molar-refractivity contribution < 1.29 is 14.6 Å². The van der Waals surface area contributed by atoms with Gasteiger partial charge in [0, 0.05) is 16.5 Å². The van der Waals surface area contributed by atoms with Gasteiger partial charge in [-0.25, -0.2) is 9.78 Å². The Morgan fingerprint density at radius 1 is 1.09 bits per heavy atom. The molecule has 6 heteroatoms. The molecule has 0 bridgehead atoms. The highest BCUT2D eigenvalue weighted by Gasteiger charge is 2.46. The predicted octanol–water partition coefficient (Wildman–Crippen LogP) is 3.67. The van der Waals surface area contributed by atoms with E-state index >= 15 is 0 Å². The van der Waals surface area contributed by atoms with Crippen LogP contribution in [0.3, 0.4) is 0 Å². The summed E-state index contributed by atoms with van der Waals surface area (Å²) in [6, 6.07) is 21.1. The first-order valence-electron chi connectivity index (χ1n) is 10.7. The molecule has 0 radical (unpaired) electrons. The van der Waals surface area contributed by atoms with E-state index in [-0.39, 0.29) is 24.6 Å². The molecule has 0 fully saturated rings. The minimum atomic E-state index is -1.84. The molecule has 32 heavy (non-hydrogen) atoms. The van der Waals surface area contributed by atoms with Gasteiger partial charge in [0.2, 0.25) is 0 Å². The van der Waals surface area contributed by atoms with E-state index in [1.54, 1.807) is 17.6 Å². The van der Waals surface area contributed by atoms with Gasteiger partial charge in [-0.2, -0.15) is 0 Å². The average molecular weight is 424 g/mol. The molecule has 2 aromatic carbocycles. The lowest BCUT2D eigenvalue weighted by molar-refractivity contribution is -0.172. The van der Waals surface area contributed by atoms with Crippen molar-refractivity contribution in [1.29, 1.82) is 0 Å². The second-order valence-electron chi connectivity index (χ2n) is 8.32. The first-order valence-corrected chi connectivity index (χ1v) is 10.7. The Bertz CT molecular complexity index is 1470. The highest BCUT2D eigenvalue weighted by Crippen LogP contribution is 2.44. The van der Waals surface area contributed by atoms with Gasteiger partial charge in [0.25, 0.3) is 5.56 Å². The van der Waals surface area contributed by atoms with E-state index in [4.69, 9.17) is 9.72 Å². The van der Waals surface area contributed by atoms with Crippen molar-refractivity contribution in [2.45, 2.75) is 31.6 Å². The van der Waals surface area contributed by atoms with E-state index in [9.17, 15) is 14.7 Å².